The van der Waals surface area contributed by atoms with Gasteiger partial charge in [0.15, 0.2) is 5.82 Å². The zero-order valence-electron chi connectivity index (χ0n) is 9.85. The van der Waals surface area contributed by atoms with Gasteiger partial charge in [0, 0.05) is 5.02 Å². The molecule has 0 radical (unpaired) electrons. The third-order valence-electron chi connectivity index (χ3n) is 2.15. The van der Waals surface area contributed by atoms with E-state index in [-0.39, 0.29) is 40.0 Å². The molecule has 0 fully saturated rings. The van der Waals surface area contributed by atoms with Crippen molar-refractivity contribution in [3.05, 3.63) is 46.8 Å². The SMILES string of the molecule is [Br-].[CH-]=Cc1ccc(Cl)cc1Cn1nnc(C)n1.[Mg+2]. The van der Waals surface area contributed by atoms with Gasteiger partial charge >= 0.3 is 23.1 Å². The number of nitrogens with zero attached hydrogens (tertiary/aromatic N) is 4. The van der Waals surface area contributed by atoms with Crippen LogP contribution in [-0.2, 0) is 6.54 Å². The number of aromatic nitrogens is 4. The molecule has 0 N–H and O–H groups in total. The normalized spacial score (nSPS) is 9.22. The number of rotatable bonds is 3. The summed E-state index contributed by atoms with van der Waals surface area (Å²) in [4.78, 5) is 1.51. The first-order valence-electron chi connectivity index (χ1n) is 4.77. The Balaban J connectivity index is 0.00000144. The summed E-state index contributed by atoms with van der Waals surface area (Å²) in [6.45, 7) is 7.82. The minimum absolute atomic E-state index is 0. The summed E-state index contributed by atoms with van der Waals surface area (Å²) in [5.74, 6) is 0.639. The Morgan fingerprint density at radius 3 is 2.72 bits per heavy atom. The number of hydrogen-bond acceptors (Lipinski definition) is 3. The molecule has 18 heavy (non-hydrogen) atoms. The molecule has 0 spiro atoms. The molecule has 0 bridgehead atoms. The van der Waals surface area contributed by atoms with E-state index in [0.717, 1.165) is 11.1 Å². The van der Waals surface area contributed by atoms with Crippen LogP contribution in [0, 0.1) is 13.5 Å². The maximum absolute atomic E-state index is 5.92. The summed E-state index contributed by atoms with van der Waals surface area (Å²) >= 11 is 5.92. The molecule has 0 aliphatic carbocycles. The average molecular weight is 338 g/mol. The van der Waals surface area contributed by atoms with Crippen molar-refractivity contribution in [2.24, 2.45) is 0 Å². The summed E-state index contributed by atoms with van der Waals surface area (Å²) in [5.41, 5.74) is 1.88. The van der Waals surface area contributed by atoms with E-state index < -0.39 is 0 Å². The predicted octanol–water partition coefficient (Wildman–Crippen LogP) is -1.25. The third-order valence-corrected chi connectivity index (χ3v) is 2.38. The molecule has 1 aromatic heterocycles. The maximum atomic E-state index is 5.92. The van der Waals surface area contributed by atoms with E-state index >= 15 is 0 Å². The number of benzene rings is 1. The van der Waals surface area contributed by atoms with Crippen molar-refractivity contribution >= 4 is 40.7 Å². The van der Waals surface area contributed by atoms with Crippen molar-refractivity contribution in [3.63, 3.8) is 0 Å². The van der Waals surface area contributed by atoms with Gasteiger partial charge in [-0.1, -0.05) is 29.3 Å². The van der Waals surface area contributed by atoms with E-state index in [9.17, 15) is 0 Å². The molecule has 0 atom stereocenters. The number of aryl methyl sites for hydroxylation is 1. The van der Waals surface area contributed by atoms with Gasteiger partial charge in [-0.3, -0.25) is 6.58 Å². The van der Waals surface area contributed by atoms with Gasteiger partial charge in [0.05, 0.1) is 6.54 Å². The zero-order chi connectivity index (χ0) is 11.5. The van der Waals surface area contributed by atoms with E-state index in [1.807, 2.05) is 12.1 Å². The fourth-order valence-electron chi connectivity index (χ4n) is 1.42. The molecule has 0 amide bonds. The number of tetrazole rings is 1. The van der Waals surface area contributed by atoms with Crippen LogP contribution in [0.1, 0.15) is 17.0 Å². The van der Waals surface area contributed by atoms with Gasteiger partial charge in [-0.05, 0) is 12.1 Å². The standard InChI is InChI=1S/C11H10ClN4.BrH.Mg/c1-3-9-4-5-11(12)6-10(9)7-16-14-8(2)13-15-16;;/h1,3-6H,7H2,2H3;1H;/q-1;;+2/p-1. The van der Waals surface area contributed by atoms with Gasteiger partial charge in [-0.15, -0.1) is 16.3 Å². The molecule has 90 valence electrons. The Kier molecular flexibility index (Phi) is 7.69. The van der Waals surface area contributed by atoms with Gasteiger partial charge < -0.3 is 17.0 Å². The van der Waals surface area contributed by atoms with Crippen LogP contribution in [0.2, 0.25) is 5.02 Å². The average Bonchev–Trinajstić information content (AvgIpc) is 2.64. The van der Waals surface area contributed by atoms with Crippen LogP contribution >= 0.6 is 11.6 Å². The van der Waals surface area contributed by atoms with Crippen molar-refractivity contribution in [2.75, 3.05) is 0 Å². The minimum atomic E-state index is 0. The molecule has 4 nitrogen and oxygen atoms in total. The molecule has 2 aromatic rings. The third kappa shape index (κ3) is 4.35. The second-order valence-corrected chi connectivity index (χ2v) is 3.81. The first-order chi connectivity index (χ1) is 7.69. The fourth-order valence-corrected chi connectivity index (χ4v) is 1.61. The molecule has 0 aliphatic rings. The van der Waals surface area contributed by atoms with Crippen molar-refractivity contribution in [1.82, 2.24) is 20.2 Å². The molecular formula is C11H10BrClMgN4. The summed E-state index contributed by atoms with van der Waals surface area (Å²) in [5, 5.41) is 12.5. The zero-order valence-corrected chi connectivity index (χ0v) is 13.6. The van der Waals surface area contributed by atoms with E-state index in [1.54, 1.807) is 13.0 Å². The topological polar surface area (TPSA) is 43.6 Å². The van der Waals surface area contributed by atoms with Gasteiger partial charge in [-0.25, -0.2) is 6.08 Å². The second-order valence-electron chi connectivity index (χ2n) is 3.38. The summed E-state index contributed by atoms with van der Waals surface area (Å²) < 4.78 is 0. The van der Waals surface area contributed by atoms with Crippen molar-refractivity contribution in [3.8, 4) is 0 Å². The Labute approximate surface area is 137 Å². The molecule has 2 rings (SSSR count). The van der Waals surface area contributed by atoms with Crippen LogP contribution in [0.4, 0.5) is 0 Å². The van der Waals surface area contributed by atoms with Gasteiger partial charge in [-0.2, -0.15) is 10.4 Å². The van der Waals surface area contributed by atoms with Crippen LogP contribution in [0.15, 0.2) is 18.2 Å². The molecule has 0 saturated heterocycles. The fraction of sp³-hybridized carbons (Fsp3) is 0.182. The Morgan fingerprint density at radius 1 is 1.44 bits per heavy atom. The summed E-state index contributed by atoms with van der Waals surface area (Å²) in [7, 11) is 0. The summed E-state index contributed by atoms with van der Waals surface area (Å²) in [6.07, 6.45) is 1.54. The van der Waals surface area contributed by atoms with Crippen LogP contribution in [0.25, 0.3) is 6.08 Å². The Morgan fingerprint density at radius 2 is 2.17 bits per heavy atom. The quantitative estimate of drug-likeness (QED) is 0.519. The van der Waals surface area contributed by atoms with Crippen LogP contribution in [0.3, 0.4) is 0 Å². The largest absolute Gasteiger partial charge is 2.00 e. The van der Waals surface area contributed by atoms with Crippen molar-refractivity contribution in [2.45, 2.75) is 13.5 Å². The predicted molar refractivity (Wildman–Crippen MR) is 67.6 cm³/mol. The number of halogens is 2. The monoisotopic (exact) mass is 336 g/mol. The molecule has 1 aromatic carbocycles. The van der Waals surface area contributed by atoms with Crippen molar-refractivity contribution in [1.29, 1.82) is 0 Å². The molecule has 0 aliphatic heterocycles. The number of hydrogen-bond donors (Lipinski definition) is 0. The molecule has 1 heterocycles. The first-order valence-corrected chi connectivity index (χ1v) is 5.14. The molecular weight excluding hydrogens is 328 g/mol. The van der Waals surface area contributed by atoms with Gasteiger partial charge in [0.25, 0.3) is 0 Å². The van der Waals surface area contributed by atoms with Crippen molar-refractivity contribution < 1.29 is 17.0 Å². The molecule has 7 heteroatoms. The molecule has 0 saturated carbocycles. The summed E-state index contributed by atoms with van der Waals surface area (Å²) in [6, 6.07) is 5.50. The first kappa shape index (κ1) is 17.6. The van der Waals surface area contributed by atoms with E-state index in [0.29, 0.717) is 17.4 Å². The molecule has 0 unspecified atom stereocenters. The minimum Gasteiger partial charge on any atom is -1.00 e. The van der Waals surface area contributed by atoms with Crippen LogP contribution in [0.5, 0.6) is 0 Å². The van der Waals surface area contributed by atoms with Crippen LogP contribution in [-0.4, -0.2) is 43.3 Å². The Hall–Kier alpha value is -0.434. The van der Waals surface area contributed by atoms with E-state index in [2.05, 4.69) is 15.4 Å². The van der Waals surface area contributed by atoms with Gasteiger partial charge in [0.2, 0.25) is 0 Å². The van der Waals surface area contributed by atoms with Crippen LogP contribution < -0.4 is 17.0 Å². The van der Waals surface area contributed by atoms with E-state index in [1.165, 1.54) is 10.9 Å². The van der Waals surface area contributed by atoms with Gasteiger partial charge in [0.1, 0.15) is 0 Å². The second kappa shape index (κ2) is 7.88. The maximum Gasteiger partial charge on any atom is 2.00 e. The smallest absolute Gasteiger partial charge is 1.00 e. The Bertz CT molecular complexity index is 530. The van der Waals surface area contributed by atoms with E-state index in [4.69, 9.17) is 18.2 Å².